The normalized spacial score (nSPS) is 27.5. The first-order valence-electron chi connectivity index (χ1n) is 6.21. The first kappa shape index (κ1) is 10.9. The summed E-state index contributed by atoms with van der Waals surface area (Å²) in [7, 11) is 0. The second-order valence-corrected chi connectivity index (χ2v) is 4.93. The fraction of sp³-hybridized carbons (Fsp3) is 0.917. The number of aliphatic hydroxyl groups is 1. The molecule has 1 heterocycles. The number of nitrogens with zero attached hydrogens (tertiary/aromatic N) is 1. The molecule has 1 amide bonds. The lowest BCUT2D eigenvalue weighted by Crippen LogP contribution is -2.44. The Morgan fingerprint density at radius 1 is 1.27 bits per heavy atom. The first-order valence-corrected chi connectivity index (χ1v) is 6.21. The Labute approximate surface area is 91.5 Å². The second-order valence-electron chi connectivity index (χ2n) is 4.93. The van der Waals surface area contributed by atoms with Gasteiger partial charge in [-0.3, -0.25) is 4.79 Å². The number of aliphatic hydroxyl groups excluding tert-OH is 1. The van der Waals surface area contributed by atoms with Gasteiger partial charge in [0, 0.05) is 25.6 Å². The van der Waals surface area contributed by atoms with E-state index in [9.17, 15) is 4.79 Å². The summed E-state index contributed by atoms with van der Waals surface area (Å²) in [5.74, 6) is 1.24. The zero-order chi connectivity index (χ0) is 10.7. The zero-order valence-electron chi connectivity index (χ0n) is 9.32. The maximum atomic E-state index is 12.0. The topological polar surface area (TPSA) is 40.5 Å². The van der Waals surface area contributed by atoms with E-state index in [1.54, 1.807) is 0 Å². The average Bonchev–Trinajstić information content (AvgIpc) is 2.16. The number of likely N-dealkylation sites (tertiary alicyclic amines) is 1. The van der Waals surface area contributed by atoms with Crippen molar-refractivity contribution < 1.29 is 9.90 Å². The molecule has 86 valence electrons. The predicted molar refractivity (Wildman–Crippen MR) is 58.3 cm³/mol. The number of rotatable bonds is 3. The molecule has 1 aliphatic heterocycles. The minimum atomic E-state index is 0.260. The van der Waals surface area contributed by atoms with Gasteiger partial charge in [-0.15, -0.1) is 0 Å². The molecular formula is C12H21NO2. The molecule has 2 fully saturated rings. The molecule has 3 heteroatoms. The van der Waals surface area contributed by atoms with Crippen molar-refractivity contribution in [3.05, 3.63) is 0 Å². The summed E-state index contributed by atoms with van der Waals surface area (Å²) in [6.07, 6.45) is 6.57. The predicted octanol–water partition coefficient (Wildman–Crippen LogP) is 1.41. The van der Waals surface area contributed by atoms with Crippen LogP contribution in [0, 0.1) is 11.8 Å². The summed E-state index contributed by atoms with van der Waals surface area (Å²) < 4.78 is 0. The summed E-state index contributed by atoms with van der Waals surface area (Å²) in [4.78, 5) is 14.0. The molecular weight excluding hydrogens is 190 g/mol. The van der Waals surface area contributed by atoms with E-state index < -0.39 is 0 Å². The quantitative estimate of drug-likeness (QED) is 0.766. The Morgan fingerprint density at radius 3 is 2.67 bits per heavy atom. The van der Waals surface area contributed by atoms with Gasteiger partial charge in [0.15, 0.2) is 0 Å². The van der Waals surface area contributed by atoms with Gasteiger partial charge in [-0.25, -0.2) is 0 Å². The molecule has 1 unspecified atom stereocenters. The smallest absolute Gasteiger partial charge is 0.225 e. The van der Waals surface area contributed by atoms with Crippen molar-refractivity contribution in [2.45, 2.75) is 38.5 Å². The summed E-state index contributed by atoms with van der Waals surface area (Å²) in [5.41, 5.74) is 0. The Balaban J connectivity index is 1.83. The average molecular weight is 211 g/mol. The fourth-order valence-electron chi connectivity index (χ4n) is 2.60. The summed E-state index contributed by atoms with van der Waals surface area (Å²) in [6, 6.07) is 0. The van der Waals surface area contributed by atoms with E-state index in [1.165, 1.54) is 12.8 Å². The molecule has 2 aliphatic rings. The van der Waals surface area contributed by atoms with Gasteiger partial charge in [0.1, 0.15) is 0 Å². The molecule has 0 radical (unpaired) electrons. The second kappa shape index (κ2) is 4.97. The highest BCUT2D eigenvalue weighted by Crippen LogP contribution is 2.30. The van der Waals surface area contributed by atoms with Crippen molar-refractivity contribution in [2.75, 3.05) is 19.7 Å². The summed E-state index contributed by atoms with van der Waals surface area (Å²) >= 11 is 0. The van der Waals surface area contributed by atoms with Crippen LogP contribution < -0.4 is 0 Å². The van der Waals surface area contributed by atoms with E-state index >= 15 is 0 Å². The van der Waals surface area contributed by atoms with Crippen LogP contribution in [0.2, 0.25) is 0 Å². The van der Waals surface area contributed by atoms with Gasteiger partial charge in [0.25, 0.3) is 0 Å². The zero-order valence-corrected chi connectivity index (χ0v) is 9.32. The van der Waals surface area contributed by atoms with Crippen LogP contribution in [0.4, 0.5) is 0 Å². The summed E-state index contributed by atoms with van der Waals surface area (Å²) in [5, 5.41) is 8.91. The maximum Gasteiger partial charge on any atom is 0.225 e. The molecule has 1 saturated heterocycles. The molecule has 15 heavy (non-hydrogen) atoms. The van der Waals surface area contributed by atoms with Crippen LogP contribution in [-0.2, 0) is 4.79 Å². The standard InChI is InChI=1S/C12H21NO2/c14-8-6-10-3-2-7-13(9-10)12(15)11-4-1-5-11/h10-11,14H,1-9H2. The molecule has 1 N–H and O–H groups in total. The fourth-order valence-corrected chi connectivity index (χ4v) is 2.60. The van der Waals surface area contributed by atoms with Crippen molar-refractivity contribution in [1.29, 1.82) is 0 Å². The number of carbonyl (C=O) groups is 1. The van der Waals surface area contributed by atoms with E-state index in [-0.39, 0.29) is 6.61 Å². The van der Waals surface area contributed by atoms with Crippen molar-refractivity contribution in [1.82, 2.24) is 4.90 Å². The lowest BCUT2D eigenvalue weighted by Gasteiger charge is -2.37. The van der Waals surface area contributed by atoms with Crippen LogP contribution in [-0.4, -0.2) is 35.6 Å². The largest absolute Gasteiger partial charge is 0.396 e. The molecule has 0 bridgehead atoms. The van der Waals surface area contributed by atoms with Crippen molar-refractivity contribution in [2.24, 2.45) is 11.8 Å². The van der Waals surface area contributed by atoms with Gasteiger partial charge in [0.05, 0.1) is 0 Å². The molecule has 0 aromatic heterocycles. The van der Waals surface area contributed by atoms with E-state index in [4.69, 9.17) is 5.11 Å². The maximum absolute atomic E-state index is 12.0. The SMILES string of the molecule is O=C(C1CCC1)N1CCCC(CCO)C1. The molecule has 3 nitrogen and oxygen atoms in total. The lowest BCUT2D eigenvalue weighted by molar-refractivity contribution is -0.140. The Bertz CT molecular complexity index is 224. The Morgan fingerprint density at radius 2 is 2.07 bits per heavy atom. The van der Waals surface area contributed by atoms with Gasteiger partial charge in [0.2, 0.25) is 5.91 Å². The number of carbonyl (C=O) groups excluding carboxylic acids is 1. The van der Waals surface area contributed by atoms with Gasteiger partial charge in [-0.05, 0) is 38.0 Å². The molecule has 0 aromatic carbocycles. The van der Waals surface area contributed by atoms with Crippen LogP contribution in [0.25, 0.3) is 0 Å². The Hall–Kier alpha value is -0.570. The van der Waals surface area contributed by atoms with Crippen molar-refractivity contribution in [3.8, 4) is 0 Å². The molecule has 2 rings (SSSR count). The highest BCUT2D eigenvalue weighted by Gasteiger charge is 2.31. The Kier molecular flexibility index (Phi) is 3.62. The van der Waals surface area contributed by atoms with Gasteiger partial charge in [-0.1, -0.05) is 6.42 Å². The number of piperidine rings is 1. The first-order chi connectivity index (χ1) is 7.31. The number of hydrogen-bond acceptors (Lipinski definition) is 2. The van der Waals surface area contributed by atoms with Crippen LogP contribution in [0.15, 0.2) is 0 Å². The van der Waals surface area contributed by atoms with Gasteiger partial charge < -0.3 is 10.0 Å². The summed E-state index contributed by atoms with van der Waals surface area (Å²) in [6.45, 7) is 2.09. The lowest BCUT2D eigenvalue weighted by atomic mass is 9.83. The highest BCUT2D eigenvalue weighted by atomic mass is 16.3. The van der Waals surface area contributed by atoms with Gasteiger partial charge >= 0.3 is 0 Å². The van der Waals surface area contributed by atoms with Crippen molar-refractivity contribution >= 4 is 5.91 Å². The molecule has 1 aliphatic carbocycles. The van der Waals surface area contributed by atoms with E-state index in [2.05, 4.69) is 0 Å². The van der Waals surface area contributed by atoms with Gasteiger partial charge in [-0.2, -0.15) is 0 Å². The third-order valence-electron chi connectivity index (χ3n) is 3.82. The van der Waals surface area contributed by atoms with Crippen molar-refractivity contribution in [3.63, 3.8) is 0 Å². The number of hydrogen-bond donors (Lipinski definition) is 1. The van der Waals surface area contributed by atoms with E-state index in [0.717, 1.165) is 38.8 Å². The molecule has 0 aromatic rings. The van der Waals surface area contributed by atoms with Crippen LogP contribution in [0.1, 0.15) is 38.5 Å². The minimum absolute atomic E-state index is 0.260. The van der Waals surface area contributed by atoms with E-state index in [0.29, 0.717) is 17.7 Å². The highest BCUT2D eigenvalue weighted by molar-refractivity contribution is 5.79. The number of amides is 1. The molecule has 0 spiro atoms. The third kappa shape index (κ3) is 2.51. The monoisotopic (exact) mass is 211 g/mol. The minimum Gasteiger partial charge on any atom is -0.396 e. The van der Waals surface area contributed by atoms with Crippen LogP contribution in [0.5, 0.6) is 0 Å². The molecule has 1 atom stereocenters. The van der Waals surface area contributed by atoms with E-state index in [1.807, 2.05) is 4.90 Å². The molecule has 1 saturated carbocycles. The van der Waals surface area contributed by atoms with Crippen LogP contribution in [0.3, 0.4) is 0 Å². The third-order valence-corrected chi connectivity index (χ3v) is 3.82. The van der Waals surface area contributed by atoms with Crippen LogP contribution >= 0.6 is 0 Å².